The maximum absolute atomic E-state index is 6.00. The van der Waals surface area contributed by atoms with Gasteiger partial charge in [-0.1, -0.05) is 17.5 Å². The first-order chi connectivity index (χ1) is 11.2. The van der Waals surface area contributed by atoms with Crippen LogP contribution in [0.4, 0.5) is 0 Å². The summed E-state index contributed by atoms with van der Waals surface area (Å²) in [7, 11) is 0. The van der Waals surface area contributed by atoms with Gasteiger partial charge in [0.1, 0.15) is 5.82 Å². The fourth-order valence-corrected chi connectivity index (χ4v) is 3.31. The van der Waals surface area contributed by atoms with E-state index in [1.165, 1.54) is 12.8 Å². The molecule has 1 aliphatic rings. The minimum Gasteiger partial charge on any atom is -0.342 e. The number of aromatic amines is 1. The van der Waals surface area contributed by atoms with Gasteiger partial charge in [0.15, 0.2) is 0 Å². The number of benzene rings is 1. The monoisotopic (exact) mass is 330 g/mol. The Labute approximate surface area is 142 Å². The molecule has 0 atom stereocenters. The highest BCUT2D eigenvalue weighted by atomic mass is 35.5. The van der Waals surface area contributed by atoms with E-state index in [2.05, 4.69) is 26.1 Å². The average Bonchev–Trinajstić information content (AvgIpc) is 2.95. The van der Waals surface area contributed by atoms with Crippen LogP contribution in [0.5, 0.6) is 0 Å². The Kier molecular flexibility index (Phi) is 5.56. The summed E-state index contributed by atoms with van der Waals surface area (Å²) in [5.74, 6) is 3.76. The fourth-order valence-electron chi connectivity index (χ4n) is 3.14. The molecule has 1 fully saturated rings. The third-order valence-corrected chi connectivity index (χ3v) is 4.65. The van der Waals surface area contributed by atoms with Crippen molar-refractivity contribution < 1.29 is 0 Å². The summed E-state index contributed by atoms with van der Waals surface area (Å²) in [6, 6.07) is 6.39. The number of rotatable bonds is 6. The first kappa shape index (κ1) is 16.3. The Hall–Kier alpha value is -1.54. The van der Waals surface area contributed by atoms with Crippen LogP contribution in [0.1, 0.15) is 25.1 Å². The van der Waals surface area contributed by atoms with E-state index in [9.17, 15) is 0 Å². The van der Waals surface area contributed by atoms with Gasteiger partial charge >= 0.3 is 0 Å². The van der Waals surface area contributed by atoms with E-state index in [-0.39, 0.29) is 0 Å². The van der Waals surface area contributed by atoms with Crippen LogP contribution in [0.25, 0.3) is 11.0 Å². The van der Waals surface area contributed by atoms with E-state index in [0.29, 0.717) is 6.04 Å². The highest BCUT2D eigenvalue weighted by Crippen LogP contribution is 2.17. The lowest BCUT2D eigenvalue weighted by Crippen LogP contribution is -2.42. The molecular weight excluding hydrogens is 308 g/mol. The van der Waals surface area contributed by atoms with Crippen molar-refractivity contribution in [2.75, 3.05) is 26.2 Å². The van der Waals surface area contributed by atoms with Crippen LogP contribution in [-0.2, 0) is 6.42 Å². The molecule has 5 heteroatoms. The van der Waals surface area contributed by atoms with Crippen LogP contribution >= 0.6 is 11.6 Å². The first-order valence-electron chi connectivity index (χ1n) is 8.28. The molecule has 1 aromatic carbocycles. The molecule has 1 saturated heterocycles. The molecule has 0 aliphatic carbocycles. The van der Waals surface area contributed by atoms with Crippen LogP contribution in [-0.4, -0.2) is 47.1 Å². The van der Waals surface area contributed by atoms with Crippen LogP contribution in [0.2, 0.25) is 5.02 Å². The van der Waals surface area contributed by atoms with Crippen molar-refractivity contribution in [3.63, 3.8) is 0 Å². The Bertz CT molecular complexity index is 680. The number of halogens is 1. The summed E-state index contributed by atoms with van der Waals surface area (Å²) in [5.41, 5.74) is 2.00. The average molecular weight is 331 g/mol. The van der Waals surface area contributed by atoms with Crippen LogP contribution < -0.4 is 5.32 Å². The molecule has 1 aliphatic heterocycles. The minimum atomic E-state index is 0.624. The van der Waals surface area contributed by atoms with E-state index in [0.717, 1.165) is 60.9 Å². The predicted octanol–water partition coefficient (Wildman–Crippen LogP) is 2.84. The molecule has 3 rings (SSSR count). The number of piperidine rings is 1. The molecule has 122 valence electrons. The van der Waals surface area contributed by atoms with Gasteiger partial charge in [0.25, 0.3) is 0 Å². The molecule has 0 amide bonds. The van der Waals surface area contributed by atoms with Gasteiger partial charge in [0, 0.05) is 30.6 Å². The topological polar surface area (TPSA) is 44.0 Å². The number of fused-ring (bicyclic) bond motifs is 1. The Morgan fingerprint density at radius 1 is 1.39 bits per heavy atom. The van der Waals surface area contributed by atoms with Crippen molar-refractivity contribution in [3.8, 4) is 12.3 Å². The Balaban J connectivity index is 1.39. The SMILES string of the molecule is C#CCN1CCC(NCCCc2nc3ccc(Cl)cc3[nH]2)CC1. The van der Waals surface area contributed by atoms with Crippen molar-refractivity contribution in [1.82, 2.24) is 20.2 Å². The molecule has 0 unspecified atom stereocenters. The van der Waals surface area contributed by atoms with Crippen LogP contribution in [0, 0.1) is 12.3 Å². The van der Waals surface area contributed by atoms with Gasteiger partial charge in [-0.3, -0.25) is 4.90 Å². The molecule has 0 saturated carbocycles. The third kappa shape index (κ3) is 4.48. The lowest BCUT2D eigenvalue weighted by molar-refractivity contribution is 0.218. The zero-order valence-corrected chi connectivity index (χ0v) is 14.1. The molecule has 2 heterocycles. The van der Waals surface area contributed by atoms with E-state index in [4.69, 9.17) is 18.0 Å². The van der Waals surface area contributed by atoms with Crippen molar-refractivity contribution in [1.29, 1.82) is 0 Å². The summed E-state index contributed by atoms with van der Waals surface area (Å²) in [6.45, 7) is 4.01. The minimum absolute atomic E-state index is 0.624. The summed E-state index contributed by atoms with van der Waals surface area (Å²) < 4.78 is 0. The van der Waals surface area contributed by atoms with Gasteiger partial charge in [0.05, 0.1) is 17.6 Å². The first-order valence-corrected chi connectivity index (χ1v) is 8.66. The molecule has 2 N–H and O–H groups in total. The largest absolute Gasteiger partial charge is 0.342 e. The number of imidazole rings is 1. The highest BCUT2D eigenvalue weighted by Gasteiger charge is 2.17. The maximum atomic E-state index is 6.00. The number of hydrogen-bond acceptors (Lipinski definition) is 3. The predicted molar refractivity (Wildman–Crippen MR) is 95.7 cm³/mol. The lowest BCUT2D eigenvalue weighted by Gasteiger charge is -2.31. The van der Waals surface area contributed by atoms with Crippen molar-refractivity contribution in [2.45, 2.75) is 31.7 Å². The highest BCUT2D eigenvalue weighted by molar-refractivity contribution is 6.31. The smallest absolute Gasteiger partial charge is 0.107 e. The summed E-state index contributed by atoms with van der Waals surface area (Å²) in [4.78, 5) is 10.3. The lowest BCUT2D eigenvalue weighted by atomic mass is 10.0. The summed E-state index contributed by atoms with van der Waals surface area (Å²) in [6.07, 6.45) is 9.77. The second-order valence-electron chi connectivity index (χ2n) is 6.16. The normalized spacial score (nSPS) is 16.7. The van der Waals surface area contributed by atoms with Crippen LogP contribution in [0.15, 0.2) is 18.2 Å². The third-order valence-electron chi connectivity index (χ3n) is 4.42. The second kappa shape index (κ2) is 7.83. The molecule has 1 aromatic heterocycles. The molecule has 23 heavy (non-hydrogen) atoms. The number of nitrogens with zero attached hydrogens (tertiary/aromatic N) is 2. The molecule has 0 radical (unpaired) electrons. The standard InChI is InChI=1S/C18H23ClN4/c1-2-10-23-11-7-15(8-12-23)20-9-3-4-18-21-16-6-5-14(19)13-17(16)22-18/h1,5-6,13,15,20H,3-4,7-12H2,(H,21,22). The fraction of sp³-hybridized carbons (Fsp3) is 0.500. The van der Waals surface area contributed by atoms with Crippen LogP contribution in [0.3, 0.4) is 0 Å². The van der Waals surface area contributed by atoms with Gasteiger partial charge in [-0.2, -0.15) is 0 Å². The van der Waals surface area contributed by atoms with Gasteiger partial charge in [-0.25, -0.2) is 4.98 Å². The molecule has 2 aromatic rings. The summed E-state index contributed by atoms with van der Waals surface area (Å²) in [5, 5.41) is 4.40. The van der Waals surface area contributed by atoms with Gasteiger partial charge in [0.2, 0.25) is 0 Å². The molecule has 4 nitrogen and oxygen atoms in total. The van der Waals surface area contributed by atoms with E-state index in [1.807, 2.05) is 18.2 Å². The van der Waals surface area contributed by atoms with E-state index < -0.39 is 0 Å². The number of terminal acetylenes is 1. The quantitative estimate of drug-likeness (QED) is 0.632. The number of aromatic nitrogens is 2. The Morgan fingerprint density at radius 2 is 2.22 bits per heavy atom. The van der Waals surface area contributed by atoms with Gasteiger partial charge < -0.3 is 10.3 Å². The molecular formula is C18H23ClN4. The number of likely N-dealkylation sites (tertiary alicyclic amines) is 1. The van der Waals surface area contributed by atoms with Crippen molar-refractivity contribution in [3.05, 3.63) is 29.0 Å². The Morgan fingerprint density at radius 3 is 3.00 bits per heavy atom. The summed E-state index contributed by atoms with van der Waals surface area (Å²) >= 11 is 6.00. The number of aryl methyl sites for hydroxylation is 1. The van der Waals surface area contributed by atoms with Crippen molar-refractivity contribution in [2.24, 2.45) is 0 Å². The number of hydrogen-bond donors (Lipinski definition) is 2. The molecule has 0 spiro atoms. The van der Waals surface area contributed by atoms with Crippen molar-refractivity contribution >= 4 is 22.6 Å². The zero-order valence-electron chi connectivity index (χ0n) is 13.3. The number of nitrogens with one attached hydrogen (secondary N) is 2. The maximum Gasteiger partial charge on any atom is 0.107 e. The van der Waals surface area contributed by atoms with Gasteiger partial charge in [-0.15, -0.1) is 6.42 Å². The van der Waals surface area contributed by atoms with E-state index in [1.54, 1.807) is 0 Å². The number of H-pyrrole nitrogens is 1. The van der Waals surface area contributed by atoms with E-state index >= 15 is 0 Å². The molecule has 0 bridgehead atoms. The van der Waals surface area contributed by atoms with Gasteiger partial charge in [-0.05, 0) is 44.0 Å². The zero-order chi connectivity index (χ0) is 16.1. The second-order valence-corrected chi connectivity index (χ2v) is 6.59.